The van der Waals surface area contributed by atoms with E-state index in [-0.39, 0.29) is 17.4 Å². The minimum Gasteiger partial charge on any atom is -0.478 e. The minimum absolute atomic E-state index is 0.0951. The zero-order valence-electron chi connectivity index (χ0n) is 11.7. The van der Waals surface area contributed by atoms with Gasteiger partial charge in [0.2, 0.25) is 5.91 Å². The Morgan fingerprint density at radius 3 is 2.33 bits per heavy atom. The van der Waals surface area contributed by atoms with E-state index < -0.39 is 5.97 Å². The zero-order valence-corrected chi connectivity index (χ0v) is 11.7. The summed E-state index contributed by atoms with van der Waals surface area (Å²) >= 11 is 0. The molecule has 0 saturated carbocycles. The van der Waals surface area contributed by atoms with Crippen LogP contribution in [0.3, 0.4) is 0 Å². The summed E-state index contributed by atoms with van der Waals surface area (Å²) in [6.45, 7) is 1.83. The molecule has 0 aliphatic heterocycles. The van der Waals surface area contributed by atoms with Gasteiger partial charge in [-0.05, 0) is 24.1 Å². The lowest BCUT2D eigenvalue weighted by Gasteiger charge is -2.13. The summed E-state index contributed by atoms with van der Waals surface area (Å²) in [4.78, 5) is 23.3. The molecule has 2 aromatic carbocycles. The van der Waals surface area contributed by atoms with Crippen LogP contribution in [0.2, 0.25) is 0 Å². The molecule has 0 aliphatic rings. The van der Waals surface area contributed by atoms with Gasteiger partial charge >= 0.3 is 5.97 Å². The highest BCUT2D eigenvalue weighted by Gasteiger charge is 2.16. The molecule has 0 aliphatic carbocycles. The van der Waals surface area contributed by atoms with Crippen molar-refractivity contribution in [3.8, 4) is 0 Å². The van der Waals surface area contributed by atoms with Gasteiger partial charge in [0.05, 0.1) is 11.3 Å². The van der Waals surface area contributed by atoms with Crippen LogP contribution in [0.4, 0.5) is 5.69 Å². The summed E-state index contributed by atoms with van der Waals surface area (Å²) < 4.78 is 0. The molecule has 108 valence electrons. The van der Waals surface area contributed by atoms with E-state index in [9.17, 15) is 9.59 Å². The molecule has 4 nitrogen and oxygen atoms in total. The molecule has 0 fully saturated rings. The van der Waals surface area contributed by atoms with Crippen molar-refractivity contribution in [1.29, 1.82) is 0 Å². The molecule has 2 rings (SSSR count). The number of carbonyl (C=O) groups is 2. The molecule has 1 unspecified atom stereocenters. The lowest BCUT2D eigenvalue weighted by molar-refractivity contribution is -0.119. The molecule has 0 heterocycles. The number of benzene rings is 2. The smallest absolute Gasteiger partial charge is 0.337 e. The Balaban J connectivity index is 2.06. The second-order valence-corrected chi connectivity index (χ2v) is 4.93. The van der Waals surface area contributed by atoms with Crippen molar-refractivity contribution in [1.82, 2.24) is 0 Å². The van der Waals surface area contributed by atoms with Gasteiger partial charge in [-0.1, -0.05) is 49.4 Å². The maximum atomic E-state index is 12.2. The van der Waals surface area contributed by atoms with Crippen LogP contribution in [-0.2, 0) is 11.2 Å². The molecule has 0 spiro atoms. The molecule has 0 saturated heterocycles. The molecule has 0 aromatic heterocycles. The third-order valence-corrected chi connectivity index (χ3v) is 3.25. The number of anilines is 1. The summed E-state index contributed by atoms with van der Waals surface area (Å²) in [7, 11) is 0. The van der Waals surface area contributed by atoms with Gasteiger partial charge in [0.1, 0.15) is 0 Å². The fourth-order valence-electron chi connectivity index (χ4n) is 2.09. The Labute approximate surface area is 123 Å². The van der Waals surface area contributed by atoms with Gasteiger partial charge < -0.3 is 10.4 Å². The first kappa shape index (κ1) is 14.8. The van der Waals surface area contributed by atoms with Gasteiger partial charge in [0.25, 0.3) is 0 Å². The normalized spacial score (nSPS) is 11.7. The van der Waals surface area contributed by atoms with Crippen molar-refractivity contribution in [2.24, 2.45) is 5.92 Å². The van der Waals surface area contributed by atoms with E-state index >= 15 is 0 Å². The Kier molecular flexibility index (Phi) is 4.72. The predicted octanol–water partition coefficient (Wildman–Crippen LogP) is 3.20. The molecule has 0 radical (unpaired) electrons. The number of hydrogen-bond donors (Lipinski definition) is 2. The Bertz CT molecular complexity index is 637. The van der Waals surface area contributed by atoms with Crippen LogP contribution in [0, 0.1) is 5.92 Å². The van der Waals surface area contributed by atoms with Crippen LogP contribution in [0.1, 0.15) is 22.8 Å². The number of carboxylic acids is 1. The summed E-state index contributed by atoms with van der Waals surface area (Å²) in [5.74, 6) is -1.48. The first-order valence-corrected chi connectivity index (χ1v) is 6.75. The van der Waals surface area contributed by atoms with Crippen LogP contribution in [-0.4, -0.2) is 17.0 Å². The summed E-state index contributed by atoms with van der Waals surface area (Å²) in [6, 6.07) is 16.1. The average molecular weight is 283 g/mol. The van der Waals surface area contributed by atoms with Crippen LogP contribution < -0.4 is 5.32 Å². The summed E-state index contributed by atoms with van der Waals surface area (Å²) in [6.07, 6.45) is 0.613. The molecule has 1 amide bonds. The van der Waals surface area contributed by atoms with E-state index in [0.29, 0.717) is 12.1 Å². The van der Waals surface area contributed by atoms with Crippen LogP contribution in [0.15, 0.2) is 54.6 Å². The van der Waals surface area contributed by atoms with E-state index in [1.165, 1.54) is 6.07 Å². The second-order valence-electron chi connectivity index (χ2n) is 4.93. The van der Waals surface area contributed by atoms with Gasteiger partial charge in [-0.15, -0.1) is 0 Å². The molecular formula is C17H17NO3. The van der Waals surface area contributed by atoms with Crippen LogP contribution in [0.25, 0.3) is 0 Å². The first-order chi connectivity index (χ1) is 10.1. The number of rotatable bonds is 5. The Hall–Kier alpha value is -2.62. The van der Waals surface area contributed by atoms with E-state index in [1.54, 1.807) is 18.2 Å². The van der Waals surface area contributed by atoms with E-state index in [1.807, 2.05) is 37.3 Å². The lowest BCUT2D eigenvalue weighted by Crippen LogP contribution is -2.23. The van der Waals surface area contributed by atoms with E-state index in [0.717, 1.165) is 5.56 Å². The Morgan fingerprint density at radius 2 is 1.67 bits per heavy atom. The number of para-hydroxylation sites is 1. The maximum absolute atomic E-state index is 12.2. The number of carboxylic acid groups (broad SMARTS) is 1. The quantitative estimate of drug-likeness (QED) is 0.885. The minimum atomic E-state index is -1.05. The van der Waals surface area contributed by atoms with Crippen molar-refractivity contribution in [3.05, 3.63) is 65.7 Å². The zero-order chi connectivity index (χ0) is 15.2. The van der Waals surface area contributed by atoms with Gasteiger partial charge in [0.15, 0.2) is 0 Å². The van der Waals surface area contributed by atoms with Gasteiger partial charge in [0, 0.05) is 5.92 Å². The van der Waals surface area contributed by atoms with Crippen LogP contribution in [0.5, 0.6) is 0 Å². The summed E-state index contributed by atoms with van der Waals surface area (Å²) in [5.41, 5.74) is 1.50. The fourth-order valence-corrected chi connectivity index (χ4v) is 2.09. The number of amides is 1. The molecule has 0 bridgehead atoms. The highest BCUT2D eigenvalue weighted by molar-refractivity contribution is 6.01. The number of carbonyl (C=O) groups excluding carboxylic acids is 1. The molecular weight excluding hydrogens is 266 g/mol. The third-order valence-electron chi connectivity index (χ3n) is 3.25. The van der Waals surface area contributed by atoms with Crippen molar-refractivity contribution in [2.75, 3.05) is 5.32 Å². The van der Waals surface area contributed by atoms with Crippen molar-refractivity contribution < 1.29 is 14.7 Å². The van der Waals surface area contributed by atoms with Crippen molar-refractivity contribution >= 4 is 17.6 Å². The standard InChI is InChI=1S/C17H17NO3/c1-12(11-13-7-3-2-4-8-13)16(19)18-15-10-6-5-9-14(15)17(20)21/h2-10,12H,11H2,1H3,(H,18,19)(H,20,21). The molecule has 4 heteroatoms. The SMILES string of the molecule is CC(Cc1ccccc1)C(=O)Nc1ccccc1C(=O)O. The lowest BCUT2D eigenvalue weighted by atomic mass is 10.00. The first-order valence-electron chi connectivity index (χ1n) is 6.75. The largest absolute Gasteiger partial charge is 0.478 e. The number of hydrogen-bond acceptors (Lipinski definition) is 2. The summed E-state index contributed by atoms with van der Waals surface area (Å²) in [5, 5.41) is 11.8. The molecule has 21 heavy (non-hydrogen) atoms. The molecule has 2 N–H and O–H groups in total. The van der Waals surface area contributed by atoms with Crippen molar-refractivity contribution in [2.45, 2.75) is 13.3 Å². The van der Waals surface area contributed by atoms with Crippen molar-refractivity contribution in [3.63, 3.8) is 0 Å². The fraction of sp³-hybridized carbons (Fsp3) is 0.176. The maximum Gasteiger partial charge on any atom is 0.337 e. The Morgan fingerprint density at radius 1 is 1.05 bits per heavy atom. The average Bonchev–Trinajstić information content (AvgIpc) is 2.48. The second kappa shape index (κ2) is 6.70. The van der Waals surface area contributed by atoms with Gasteiger partial charge in [-0.25, -0.2) is 4.79 Å². The van der Waals surface area contributed by atoms with Gasteiger partial charge in [-0.3, -0.25) is 4.79 Å². The van der Waals surface area contributed by atoms with E-state index in [4.69, 9.17) is 5.11 Å². The topological polar surface area (TPSA) is 66.4 Å². The third kappa shape index (κ3) is 3.92. The molecule has 2 aromatic rings. The highest BCUT2D eigenvalue weighted by atomic mass is 16.4. The predicted molar refractivity (Wildman–Crippen MR) is 81.3 cm³/mol. The number of aromatic carboxylic acids is 1. The van der Waals surface area contributed by atoms with Gasteiger partial charge in [-0.2, -0.15) is 0 Å². The highest BCUT2D eigenvalue weighted by Crippen LogP contribution is 2.17. The molecule has 1 atom stereocenters. The monoisotopic (exact) mass is 283 g/mol. The number of nitrogens with one attached hydrogen (secondary N) is 1. The van der Waals surface area contributed by atoms with E-state index in [2.05, 4.69) is 5.32 Å². The van der Waals surface area contributed by atoms with Crippen LogP contribution >= 0.6 is 0 Å².